The number of hydrogen-bond acceptors (Lipinski definition) is 24. The number of rotatable bonds is 32. The molecule has 0 aromatic carbocycles. The van der Waals surface area contributed by atoms with Crippen LogP contribution in [0.1, 0.15) is 203 Å². The molecule has 3 aromatic rings. The minimum absolute atomic E-state index is 0. The summed E-state index contributed by atoms with van der Waals surface area (Å²) in [5, 5.41) is 53.1. The van der Waals surface area contributed by atoms with Crippen molar-refractivity contribution in [2.45, 2.75) is 222 Å². The number of ether oxygens (including phenoxy) is 4. The van der Waals surface area contributed by atoms with E-state index in [0.717, 1.165) is 94.1 Å². The van der Waals surface area contributed by atoms with Gasteiger partial charge in [-0.2, -0.15) is 0 Å². The number of aromatic nitrogens is 9. The van der Waals surface area contributed by atoms with Crippen molar-refractivity contribution in [2.24, 2.45) is 72.3 Å². The lowest BCUT2D eigenvalue weighted by atomic mass is 10.1. The molecule has 0 saturated carbocycles. The van der Waals surface area contributed by atoms with E-state index in [1.54, 1.807) is 69.4 Å². The van der Waals surface area contributed by atoms with E-state index < -0.39 is 17.3 Å². The van der Waals surface area contributed by atoms with Crippen LogP contribution in [0.3, 0.4) is 0 Å². The van der Waals surface area contributed by atoms with Crippen molar-refractivity contribution >= 4 is 87.6 Å². The van der Waals surface area contributed by atoms with E-state index in [1.165, 1.54) is 128 Å². The summed E-state index contributed by atoms with van der Waals surface area (Å²) in [6, 6.07) is 0. The third-order valence-electron chi connectivity index (χ3n) is 11.3. The van der Waals surface area contributed by atoms with Crippen LogP contribution in [0.5, 0.6) is 0 Å². The minimum Gasteiger partial charge on any atom is -0.465 e. The van der Waals surface area contributed by atoms with Crippen LogP contribution in [0.4, 0.5) is 0 Å². The van der Waals surface area contributed by atoms with Crippen LogP contribution in [0, 0.1) is 12.3 Å². The van der Waals surface area contributed by atoms with Crippen LogP contribution in [0.2, 0.25) is 0 Å². The van der Waals surface area contributed by atoms with E-state index >= 15 is 0 Å². The molecule has 0 aliphatic rings. The Labute approximate surface area is 710 Å². The average molecular weight is 1890 g/mol. The van der Waals surface area contributed by atoms with Crippen molar-refractivity contribution < 1.29 is 38.1 Å². The van der Waals surface area contributed by atoms with Gasteiger partial charge in [0.05, 0.1) is 36.9 Å². The maximum Gasteiger partial charge on any atom is 0.323 e. The highest BCUT2D eigenvalue weighted by Gasteiger charge is 2.27. The van der Waals surface area contributed by atoms with Crippen molar-refractivity contribution in [1.29, 1.82) is 0 Å². The van der Waals surface area contributed by atoms with Crippen molar-refractivity contribution in [3.8, 4) is 12.3 Å². The highest BCUT2D eigenvalue weighted by atomic mass is 79.9. The molecule has 3 rings (SSSR count). The monoisotopic (exact) mass is 1880 g/mol. The van der Waals surface area contributed by atoms with E-state index in [2.05, 4.69) is 206 Å². The lowest BCUT2D eigenvalue weighted by Gasteiger charge is -2.14. The topological polar surface area (TPSA) is 685 Å². The molecule has 0 aliphatic carbocycles. The smallest absolute Gasteiger partial charge is 0.323 e. The van der Waals surface area contributed by atoms with Crippen molar-refractivity contribution in [1.82, 2.24) is 45.0 Å². The maximum atomic E-state index is 11.5. The summed E-state index contributed by atoms with van der Waals surface area (Å²) in [5.74, 6) is 1.30. The Hall–Kier alpha value is -10.1. The van der Waals surface area contributed by atoms with Crippen LogP contribution in [-0.2, 0) is 78.5 Å². The fourth-order valence-corrected chi connectivity index (χ4v) is 6.62. The summed E-state index contributed by atoms with van der Waals surface area (Å²) in [4.78, 5) is 68.9. The molecule has 0 unspecified atom stereocenters. The van der Waals surface area contributed by atoms with Crippen LogP contribution in [-0.4, -0.2) is 183 Å². The number of unbranched alkanes of at least 4 members (excludes halogenated alkanes) is 15. The zero-order chi connectivity index (χ0) is 89.5. The number of azide groups is 10. The zero-order valence-corrected chi connectivity index (χ0v) is 75.6. The molecule has 51 heteroatoms. The predicted molar refractivity (Wildman–Crippen MR) is 466 cm³/mol. The standard InChI is InChI=1S/3C15H26BrN3O2.C7H9BrO2.10CH3N3.2CH4/c3*1-15(2,16)14(20)21-11-9-7-5-4-6-8-10-13-12-19(3)18-17-13;1-4-5-10-6(9)7(2,3)8;10*1-3-4-2;;/h3*12H,4-11H2,1-3H3;1H,5H2,2-3H3;10*1H3;2*1H4. The van der Waals surface area contributed by atoms with Gasteiger partial charge >= 0.3 is 23.9 Å². The predicted octanol–water partition coefficient (Wildman–Crippen LogP) is 22.1. The van der Waals surface area contributed by atoms with E-state index in [1.807, 2.05) is 39.7 Å². The van der Waals surface area contributed by atoms with Gasteiger partial charge in [0.1, 0.15) is 17.3 Å². The molecule has 0 amide bonds. The van der Waals surface area contributed by atoms with Crippen molar-refractivity contribution in [3.05, 3.63) is 140 Å². The van der Waals surface area contributed by atoms with Crippen LogP contribution in [0.25, 0.3) is 104 Å². The number of carbonyl (C=O) groups excluding carboxylic acids is 4. The van der Waals surface area contributed by atoms with Crippen LogP contribution < -0.4 is 0 Å². The molecule has 115 heavy (non-hydrogen) atoms. The number of halogens is 4. The molecule has 0 radical (unpaired) electrons. The molecule has 0 aliphatic heterocycles. The molecule has 0 spiro atoms. The maximum absolute atomic E-state index is 11.5. The Bertz CT molecular complexity index is 2930. The van der Waals surface area contributed by atoms with Gasteiger partial charge in [-0.15, -0.1) is 21.7 Å². The second-order valence-corrected chi connectivity index (χ2v) is 30.7. The third kappa shape index (κ3) is 131. The molecule has 0 N–H and O–H groups in total. The first-order chi connectivity index (χ1) is 53.3. The summed E-state index contributed by atoms with van der Waals surface area (Å²) in [5.41, 5.74) is 76.5. The van der Waals surface area contributed by atoms with E-state index in [9.17, 15) is 19.2 Å². The van der Waals surface area contributed by atoms with Gasteiger partial charge in [-0.3, -0.25) is 33.2 Å². The average Bonchev–Trinajstić information content (AvgIpc) is 0.980. The summed E-state index contributed by atoms with van der Waals surface area (Å²) < 4.78 is 23.1. The summed E-state index contributed by atoms with van der Waals surface area (Å²) >= 11 is 13.0. The lowest BCUT2D eigenvalue weighted by Crippen LogP contribution is -2.26. The lowest BCUT2D eigenvalue weighted by molar-refractivity contribution is -0.146. The first-order valence-electron chi connectivity index (χ1n) is 34.1. The van der Waals surface area contributed by atoms with E-state index in [-0.39, 0.29) is 45.3 Å². The minimum atomic E-state index is -0.635. The highest BCUT2D eigenvalue weighted by Crippen LogP contribution is 2.21. The van der Waals surface area contributed by atoms with Crippen molar-refractivity contribution in [2.75, 3.05) is 96.9 Å². The Morgan fingerprint density at radius 2 is 0.487 bits per heavy atom. The second kappa shape index (κ2) is 104. The van der Waals surface area contributed by atoms with Gasteiger partial charge in [-0.25, -0.2) is 0 Å². The van der Waals surface area contributed by atoms with Crippen LogP contribution >= 0.6 is 63.7 Å². The second-order valence-electron chi connectivity index (χ2n) is 22.7. The highest BCUT2D eigenvalue weighted by molar-refractivity contribution is 9.10. The first kappa shape index (κ1) is 134. The number of esters is 4. The van der Waals surface area contributed by atoms with Gasteiger partial charge in [-0.05, 0) is 168 Å². The zero-order valence-electron chi connectivity index (χ0n) is 69.2. The third-order valence-corrected chi connectivity index (χ3v) is 12.5. The SMILES string of the molecule is C.C.C#CCOC(=O)C(C)(C)Br.CN=[N+]=[N-].CN=[N+]=[N-].CN=[N+]=[N-].CN=[N+]=[N-].CN=[N+]=[N-].CN=[N+]=[N-].CN=[N+]=[N-].CN=[N+]=[N-].CN=[N+]=[N-].CN=[N+]=[N-].Cn1cc(CCCCCCCCOC(=O)C(C)(C)Br)nn1.Cn1cc(CCCCCCCCOC(=O)C(C)(C)Br)nn1.Cn1cc(CCCCCCCCOC(=O)C(C)(C)Br)nn1. The van der Waals surface area contributed by atoms with Gasteiger partial charge in [0.2, 0.25) is 0 Å². The van der Waals surface area contributed by atoms with Crippen LogP contribution in [0.15, 0.2) is 69.7 Å². The van der Waals surface area contributed by atoms with E-state index in [0.29, 0.717) is 19.8 Å². The fraction of sp³-hybridized carbons (Fsp3) is 0.812. The molecule has 652 valence electrons. The summed E-state index contributed by atoms with van der Waals surface area (Å²) in [7, 11) is 19.6. The molecular weight excluding hydrogens is 1760 g/mol. The van der Waals surface area contributed by atoms with Gasteiger partial charge in [0.25, 0.3) is 0 Å². The molecule has 47 nitrogen and oxygen atoms in total. The molecule has 0 bridgehead atoms. The number of carbonyl (C=O) groups is 4. The fourth-order valence-electron chi connectivity index (χ4n) is 6.16. The first-order valence-corrected chi connectivity index (χ1v) is 37.2. The molecule has 0 saturated heterocycles. The molecule has 3 heterocycles. The quantitative estimate of drug-likeness (QED) is 0.00819. The van der Waals surface area contributed by atoms with Gasteiger partial charge < -0.3 is 18.9 Å². The summed E-state index contributed by atoms with van der Waals surface area (Å²) in [6.45, 7) is 15.8. The molecule has 0 atom stereocenters. The van der Waals surface area contributed by atoms with Gasteiger partial charge in [0, 0.05) is 159 Å². The molecule has 0 fully saturated rings. The van der Waals surface area contributed by atoms with E-state index in [4.69, 9.17) is 75.9 Å². The Kier molecular flexibility index (Phi) is 121. The number of alkyl halides is 4. The Morgan fingerprint density at radius 1 is 0.339 bits per heavy atom. The molecule has 3 aromatic heterocycles. The normalized spacial score (nSPS) is 8.73. The number of nitrogens with zero attached hydrogens (tertiary/aromatic N) is 39. The van der Waals surface area contributed by atoms with Crippen molar-refractivity contribution in [3.63, 3.8) is 0 Å². The van der Waals surface area contributed by atoms with Gasteiger partial charge in [0.15, 0.2) is 6.61 Å². The molecular formula is C64H125Br4N39O8. The number of terminal acetylenes is 1. The van der Waals surface area contributed by atoms with Gasteiger partial charge in [-0.1, -0.05) is 228 Å². The largest absolute Gasteiger partial charge is 0.465 e. The number of hydrogen-bond donors (Lipinski definition) is 0. The Balaban J connectivity index is -0.0000000952. The summed E-state index contributed by atoms with van der Waals surface area (Å²) in [6.07, 6.45) is 34.3. The Morgan fingerprint density at radius 3 is 0.617 bits per heavy atom. The number of aryl methyl sites for hydroxylation is 6.